The molecule has 3 aromatic rings. The lowest BCUT2D eigenvalue weighted by Gasteiger charge is -2.39. The Bertz CT molecular complexity index is 1310. The first kappa shape index (κ1) is 22.5. The van der Waals surface area contributed by atoms with E-state index in [4.69, 9.17) is 11.6 Å². The molecule has 168 valence electrons. The van der Waals surface area contributed by atoms with Crippen molar-refractivity contribution in [2.24, 2.45) is 0 Å². The highest BCUT2D eigenvalue weighted by molar-refractivity contribution is 7.89. The van der Waals surface area contributed by atoms with Crippen molar-refractivity contribution < 1.29 is 8.42 Å². The van der Waals surface area contributed by atoms with E-state index < -0.39 is 26.2 Å². The van der Waals surface area contributed by atoms with Gasteiger partial charge in [0.2, 0.25) is 10.0 Å². The van der Waals surface area contributed by atoms with Gasteiger partial charge in [-0.25, -0.2) is 13.2 Å². The first-order valence-corrected chi connectivity index (χ1v) is 12.0. The number of halogens is 1. The summed E-state index contributed by atoms with van der Waals surface area (Å²) >= 11 is 6.07. The molecule has 0 aliphatic carbocycles. The van der Waals surface area contributed by atoms with E-state index >= 15 is 0 Å². The van der Waals surface area contributed by atoms with Crippen molar-refractivity contribution in [1.29, 1.82) is 0 Å². The average Bonchev–Trinajstić information content (AvgIpc) is 2.75. The number of aromatic nitrogens is 2. The van der Waals surface area contributed by atoms with Gasteiger partial charge in [0.25, 0.3) is 5.56 Å². The summed E-state index contributed by atoms with van der Waals surface area (Å²) in [5.74, 6) is 0. The van der Waals surface area contributed by atoms with Gasteiger partial charge in [0.05, 0.1) is 6.04 Å². The number of hydrogen-bond donors (Lipinski definition) is 2. The Morgan fingerprint density at radius 1 is 0.875 bits per heavy atom. The van der Waals surface area contributed by atoms with Gasteiger partial charge in [-0.3, -0.25) is 14.7 Å². The van der Waals surface area contributed by atoms with Gasteiger partial charge in [-0.2, -0.15) is 4.31 Å². The van der Waals surface area contributed by atoms with Crippen molar-refractivity contribution in [1.82, 2.24) is 19.2 Å². The van der Waals surface area contributed by atoms with Crippen LogP contribution in [0.1, 0.15) is 22.9 Å². The van der Waals surface area contributed by atoms with E-state index in [-0.39, 0.29) is 24.8 Å². The lowest BCUT2D eigenvalue weighted by atomic mass is 9.96. The highest BCUT2D eigenvalue weighted by atomic mass is 35.5. The zero-order valence-corrected chi connectivity index (χ0v) is 19.0. The molecule has 4 rings (SSSR count). The Morgan fingerprint density at radius 3 is 2.06 bits per heavy atom. The van der Waals surface area contributed by atoms with Crippen molar-refractivity contribution in [3.8, 4) is 0 Å². The third-order valence-electron chi connectivity index (χ3n) is 5.61. The van der Waals surface area contributed by atoms with E-state index in [0.29, 0.717) is 18.1 Å². The number of rotatable bonds is 5. The maximum atomic E-state index is 13.1. The Morgan fingerprint density at radius 2 is 1.47 bits per heavy atom. The van der Waals surface area contributed by atoms with Crippen LogP contribution in [-0.4, -0.2) is 53.8 Å². The van der Waals surface area contributed by atoms with Crippen LogP contribution in [0.4, 0.5) is 0 Å². The van der Waals surface area contributed by atoms with Crippen molar-refractivity contribution >= 4 is 21.6 Å². The molecule has 0 saturated carbocycles. The van der Waals surface area contributed by atoms with Crippen LogP contribution in [0.3, 0.4) is 0 Å². The standard InChI is InChI=1S/C22H23ClN4O4S/c1-15-20(21(28)25-22(29)24-15)32(30,31)27-13-11-26(12-14-27)19(16-5-3-2-4-6-16)17-7-9-18(23)10-8-17/h2-10,19H,11-14H2,1H3,(H2,24,25,28,29). The van der Waals surface area contributed by atoms with Gasteiger partial charge in [0, 0.05) is 36.9 Å². The number of H-pyrrole nitrogens is 2. The molecule has 2 heterocycles. The van der Waals surface area contributed by atoms with Crippen LogP contribution in [-0.2, 0) is 10.0 Å². The van der Waals surface area contributed by atoms with Gasteiger partial charge in [0.1, 0.15) is 0 Å². The van der Waals surface area contributed by atoms with E-state index in [2.05, 4.69) is 9.88 Å². The molecule has 0 spiro atoms. The minimum Gasteiger partial charge on any atom is -0.310 e. The van der Waals surface area contributed by atoms with Crippen molar-refractivity contribution in [2.75, 3.05) is 26.2 Å². The fraction of sp³-hybridized carbons (Fsp3) is 0.273. The van der Waals surface area contributed by atoms with E-state index in [1.165, 1.54) is 11.2 Å². The predicted octanol–water partition coefficient (Wildman–Crippen LogP) is 2.12. The second kappa shape index (κ2) is 9.03. The molecule has 10 heteroatoms. The molecule has 1 aliphatic rings. The lowest BCUT2D eigenvalue weighted by molar-refractivity contribution is 0.155. The van der Waals surface area contributed by atoms with E-state index in [1.54, 1.807) is 0 Å². The molecule has 0 bridgehead atoms. The third-order valence-corrected chi connectivity index (χ3v) is 7.92. The summed E-state index contributed by atoms with van der Waals surface area (Å²) in [7, 11) is -4.05. The van der Waals surface area contributed by atoms with Gasteiger partial charge in [-0.15, -0.1) is 0 Å². The third kappa shape index (κ3) is 4.42. The van der Waals surface area contributed by atoms with Gasteiger partial charge in [-0.1, -0.05) is 54.1 Å². The number of piperazine rings is 1. The van der Waals surface area contributed by atoms with Crippen LogP contribution in [0.5, 0.6) is 0 Å². The first-order valence-electron chi connectivity index (χ1n) is 10.1. The van der Waals surface area contributed by atoms with E-state index in [0.717, 1.165) is 11.1 Å². The number of nitrogens with one attached hydrogen (secondary N) is 2. The van der Waals surface area contributed by atoms with E-state index in [1.807, 2.05) is 59.6 Å². The molecule has 2 N–H and O–H groups in total. The zero-order valence-electron chi connectivity index (χ0n) is 17.4. The second-order valence-corrected chi connectivity index (χ2v) is 9.98. The quantitative estimate of drug-likeness (QED) is 0.589. The molecular weight excluding hydrogens is 452 g/mol. The predicted molar refractivity (Wildman–Crippen MR) is 122 cm³/mol. The maximum absolute atomic E-state index is 13.1. The molecular formula is C22H23ClN4O4S. The van der Waals surface area contributed by atoms with Crippen LogP contribution in [0.25, 0.3) is 0 Å². The summed E-state index contributed by atoms with van der Waals surface area (Å²) in [6, 6.07) is 17.6. The Balaban J connectivity index is 1.60. The normalized spacial score (nSPS) is 16.7. The van der Waals surface area contributed by atoms with Crippen LogP contribution >= 0.6 is 11.6 Å². The van der Waals surface area contributed by atoms with E-state index in [9.17, 15) is 18.0 Å². The lowest BCUT2D eigenvalue weighted by Crippen LogP contribution is -2.50. The minimum atomic E-state index is -4.05. The number of nitrogens with zero attached hydrogens (tertiary/aromatic N) is 2. The zero-order chi connectivity index (χ0) is 22.9. The van der Waals surface area contributed by atoms with Gasteiger partial charge in [0.15, 0.2) is 4.90 Å². The smallest absolute Gasteiger partial charge is 0.310 e. The molecule has 1 unspecified atom stereocenters. The number of hydrogen-bond acceptors (Lipinski definition) is 5. The summed E-state index contributed by atoms with van der Waals surface area (Å²) < 4.78 is 27.6. The molecule has 1 atom stereocenters. The molecule has 32 heavy (non-hydrogen) atoms. The number of aromatic amines is 2. The summed E-state index contributed by atoms with van der Waals surface area (Å²) in [5.41, 5.74) is 0.551. The molecule has 1 saturated heterocycles. The van der Waals surface area contributed by atoms with Gasteiger partial charge >= 0.3 is 5.69 Å². The Labute approximate surface area is 190 Å². The van der Waals surface area contributed by atoms with Crippen LogP contribution in [0, 0.1) is 6.92 Å². The minimum absolute atomic E-state index is 0.0319. The molecule has 8 nitrogen and oxygen atoms in total. The number of aryl methyl sites for hydroxylation is 1. The number of benzene rings is 2. The molecule has 1 aromatic heterocycles. The summed E-state index contributed by atoms with van der Waals surface area (Å²) in [5, 5.41) is 0.651. The van der Waals surface area contributed by atoms with Crippen LogP contribution < -0.4 is 11.2 Å². The summed E-state index contributed by atoms with van der Waals surface area (Å²) in [6.45, 7) is 2.80. The van der Waals surface area contributed by atoms with Gasteiger partial charge < -0.3 is 4.98 Å². The Kier molecular flexibility index (Phi) is 6.34. The maximum Gasteiger partial charge on any atom is 0.325 e. The van der Waals surface area contributed by atoms with Crippen molar-refractivity contribution in [3.05, 3.63) is 97.3 Å². The fourth-order valence-electron chi connectivity index (χ4n) is 4.12. The molecule has 0 amide bonds. The van der Waals surface area contributed by atoms with Crippen LogP contribution in [0.2, 0.25) is 5.02 Å². The highest BCUT2D eigenvalue weighted by Crippen LogP contribution is 2.31. The second-order valence-electron chi connectivity index (χ2n) is 7.67. The monoisotopic (exact) mass is 474 g/mol. The topological polar surface area (TPSA) is 106 Å². The molecule has 2 aromatic carbocycles. The SMILES string of the molecule is Cc1[nH]c(=O)[nH]c(=O)c1S(=O)(=O)N1CCN(C(c2ccccc2)c2ccc(Cl)cc2)CC1. The molecule has 1 fully saturated rings. The molecule has 1 aliphatic heterocycles. The molecule has 0 radical (unpaired) electrons. The van der Waals surface area contributed by atoms with Crippen molar-refractivity contribution in [2.45, 2.75) is 17.9 Å². The fourth-order valence-corrected chi connectivity index (χ4v) is 5.88. The summed E-state index contributed by atoms with van der Waals surface area (Å²) in [4.78, 5) is 29.8. The average molecular weight is 475 g/mol. The number of sulfonamides is 1. The Hall–Kier alpha value is -2.72. The largest absolute Gasteiger partial charge is 0.325 e. The van der Waals surface area contributed by atoms with Crippen molar-refractivity contribution in [3.63, 3.8) is 0 Å². The summed E-state index contributed by atoms with van der Waals surface area (Å²) in [6.07, 6.45) is 0. The highest BCUT2D eigenvalue weighted by Gasteiger charge is 2.34. The first-order chi connectivity index (χ1) is 15.3. The van der Waals surface area contributed by atoms with Gasteiger partial charge in [-0.05, 0) is 30.2 Å². The van der Waals surface area contributed by atoms with Crippen LogP contribution in [0.15, 0.2) is 69.1 Å².